The van der Waals surface area contributed by atoms with Crippen molar-refractivity contribution in [3.05, 3.63) is 47.5 Å². The molecule has 26 heavy (non-hydrogen) atoms. The highest BCUT2D eigenvalue weighted by Crippen LogP contribution is 2.37. The number of para-hydroxylation sites is 2. The Morgan fingerprint density at radius 2 is 2.00 bits per heavy atom. The van der Waals surface area contributed by atoms with Crippen LogP contribution in [-0.4, -0.2) is 28.7 Å². The quantitative estimate of drug-likeness (QED) is 0.684. The predicted molar refractivity (Wildman–Crippen MR) is 95.3 cm³/mol. The van der Waals surface area contributed by atoms with Gasteiger partial charge in [0.15, 0.2) is 17.2 Å². The number of fused-ring (bicyclic) bond motifs is 2. The third kappa shape index (κ3) is 2.77. The third-order valence-corrected chi connectivity index (χ3v) is 4.24. The standard InChI is InChI=1S/C19H17N3O4/c1-10-7-11(2)16-12(8-10)17(19(24)20-16)21-22-18(23)15-9-25-13-5-3-4-6-14(13)26-15/h3-8,15,20,24H,9H2,1-2H3. The molecule has 4 rings (SSSR count). The monoisotopic (exact) mass is 351 g/mol. The molecule has 0 aliphatic carbocycles. The lowest BCUT2D eigenvalue weighted by molar-refractivity contribution is -0.127. The lowest BCUT2D eigenvalue weighted by Crippen LogP contribution is -2.35. The summed E-state index contributed by atoms with van der Waals surface area (Å²) in [5, 5.41) is 18.5. The van der Waals surface area contributed by atoms with E-state index < -0.39 is 12.0 Å². The topological polar surface area (TPSA) is 96.3 Å². The van der Waals surface area contributed by atoms with Gasteiger partial charge >= 0.3 is 5.91 Å². The molecule has 2 N–H and O–H groups in total. The summed E-state index contributed by atoms with van der Waals surface area (Å²) in [6.07, 6.45) is -0.871. The van der Waals surface area contributed by atoms with Gasteiger partial charge in [-0.05, 0) is 37.6 Å². The number of hydrogen-bond donors (Lipinski definition) is 2. The van der Waals surface area contributed by atoms with Crippen LogP contribution in [0.5, 0.6) is 17.4 Å². The Morgan fingerprint density at radius 3 is 2.81 bits per heavy atom. The Hall–Kier alpha value is -3.35. The first kappa shape index (κ1) is 16.1. The normalized spacial score (nSPS) is 16.3. The Balaban J connectivity index is 1.60. The lowest BCUT2D eigenvalue weighted by atomic mass is 10.1. The number of aromatic amines is 1. The Labute approximate surface area is 149 Å². The molecule has 1 unspecified atom stereocenters. The zero-order chi connectivity index (χ0) is 18.3. The molecule has 0 fully saturated rings. The molecule has 3 aromatic rings. The third-order valence-electron chi connectivity index (χ3n) is 4.24. The van der Waals surface area contributed by atoms with Crippen molar-refractivity contribution < 1.29 is 19.4 Å². The first-order valence-electron chi connectivity index (χ1n) is 8.19. The molecule has 1 aliphatic rings. The summed E-state index contributed by atoms with van der Waals surface area (Å²) in [6.45, 7) is 3.95. The van der Waals surface area contributed by atoms with Gasteiger partial charge in [0, 0.05) is 5.39 Å². The van der Waals surface area contributed by atoms with E-state index in [0.717, 1.165) is 16.6 Å². The number of carbonyl (C=O) groups is 1. The van der Waals surface area contributed by atoms with Crippen molar-refractivity contribution in [3.8, 4) is 17.4 Å². The molecule has 0 saturated heterocycles. The van der Waals surface area contributed by atoms with Crippen LogP contribution in [0.3, 0.4) is 0 Å². The highest BCUT2D eigenvalue weighted by atomic mass is 16.6. The molecule has 2 aromatic carbocycles. The van der Waals surface area contributed by atoms with Gasteiger partial charge in [0.1, 0.15) is 6.61 Å². The molecule has 1 aromatic heterocycles. The van der Waals surface area contributed by atoms with Crippen molar-refractivity contribution in [1.29, 1.82) is 0 Å². The maximum Gasteiger partial charge on any atom is 0.308 e. The smallest absolute Gasteiger partial charge is 0.308 e. The number of H-pyrrole nitrogens is 1. The number of ether oxygens (including phenoxy) is 2. The van der Waals surface area contributed by atoms with E-state index >= 15 is 0 Å². The van der Waals surface area contributed by atoms with Crippen LogP contribution in [0.1, 0.15) is 11.1 Å². The van der Waals surface area contributed by atoms with Gasteiger partial charge in [-0.25, -0.2) is 0 Å². The van der Waals surface area contributed by atoms with Crippen molar-refractivity contribution in [1.82, 2.24) is 4.98 Å². The van der Waals surface area contributed by atoms with Crippen LogP contribution < -0.4 is 9.47 Å². The number of carbonyl (C=O) groups excluding carboxylic acids is 1. The van der Waals surface area contributed by atoms with Gasteiger partial charge in [0.05, 0.1) is 5.52 Å². The van der Waals surface area contributed by atoms with Crippen LogP contribution in [0.15, 0.2) is 46.6 Å². The Morgan fingerprint density at radius 1 is 1.23 bits per heavy atom. The number of azo groups is 1. The fourth-order valence-electron chi connectivity index (χ4n) is 3.03. The van der Waals surface area contributed by atoms with Crippen molar-refractivity contribution in [2.24, 2.45) is 10.2 Å². The van der Waals surface area contributed by atoms with Crippen molar-refractivity contribution in [3.63, 3.8) is 0 Å². The molecule has 1 aliphatic heterocycles. The van der Waals surface area contributed by atoms with Gasteiger partial charge in [0.2, 0.25) is 12.0 Å². The maximum absolute atomic E-state index is 12.3. The molecule has 132 valence electrons. The molecular formula is C19H17N3O4. The van der Waals surface area contributed by atoms with Gasteiger partial charge in [0.25, 0.3) is 0 Å². The molecule has 7 nitrogen and oxygen atoms in total. The SMILES string of the molecule is Cc1cc(C)c2[nH]c(O)c(N=NC(=O)C3COc4ccccc4O3)c2c1. The van der Waals surface area contributed by atoms with Crippen molar-refractivity contribution >= 4 is 22.5 Å². The second kappa shape index (κ2) is 6.18. The van der Waals surface area contributed by atoms with E-state index in [1.807, 2.05) is 32.0 Å². The van der Waals surface area contributed by atoms with Crippen LogP contribution >= 0.6 is 0 Å². The van der Waals surface area contributed by atoms with Gasteiger partial charge in [-0.15, -0.1) is 10.2 Å². The minimum Gasteiger partial charge on any atom is -0.493 e. The molecular weight excluding hydrogens is 334 g/mol. The number of aromatic nitrogens is 1. The maximum atomic E-state index is 12.3. The second-order valence-electron chi connectivity index (χ2n) is 6.23. The van der Waals surface area contributed by atoms with Gasteiger partial charge < -0.3 is 19.6 Å². The fraction of sp³-hybridized carbons (Fsp3) is 0.211. The van der Waals surface area contributed by atoms with E-state index in [0.29, 0.717) is 16.9 Å². The zero-order valence-corrected chi connectivity index (χ0v) is 14.3. The van der Waals surface area contributed by atoms with Crippen LogP contribution in [0.2, 0.25) is 0 Å². The molecule has 1 atom stereocenters. The highest BCUT2D eigenvalue weighted by molar-refractivity contribution is 5.96. The van der Waals surface area contributed by atoms with Crippen molar-refractivity contribution in [2.45, 2.75) is 20.0 Å². The van der Waals surface area contributed by atoms with Gasteiger partial charge in [-0.3, -0.25) is 4.79 Å². The Kier molecular flexibility index (Phi) is 3.84. The predicted octanol–water partition coefficient (Wildman–Crippen LogP) is 3.94. The van der Waals surface area contributed by atoms with E-state index in [1.165, 1.54) is 0 Å². The van der Waals surface area contributed by atoms with E-state index in [-0.39, 0.29) is 18.2 Å². The Bertz CT molecular complexity index is 1040. The number of aromatic hydroxyl groups is 1. The summed E-state index contributed by atoms with van der Waals surface area (Å²) in [5.74, 6) is 0.385. The number of amides is 1. The molecule has 2 heterocycles. The van der Waals surface area contributed by atoms with Gasteiger partial charge in [-0.1, -0.05) is 23.8 Å². The van der Waals surface area contributed by atoms with Crippen LogP contribution in [0.25, 0.3) is 10.9 Å². The number of aryl methyl sites for hydroxylation is 2. The largest absolute Gasteiger partial charge is 0.493 e. The molecule has 0 spiro atoms. The number of nitrogens with zero attached hydrogens (tertiary/aromatic N) is 2. The summed E-state index contributed by atoms with van der Waals surface area (Å²) >= 11 is 0. The molecule has 7 heteroatoms. The zero-order valence-electron chi connectivity index (χ0n) is 14.3. The van der Waals surface area contributed by atoms with Crippen LogP contribution in [0, 0.1) is 13.8 Å². The average molecular weight is 351 g/mol. The van der Waals surface area contributed by atoms with E-state index in [4.69, 9.17) is 9.47 Å². The molecule has 0 bridgehead atoms. The van der Waals surface area contributed by atoms with Crippen LogP contribution in [-0.2, 0) is 4.79 Å². The van der Waals surface area contributed by atoms with Crippen LogP contribution in [0.4, 0.5) is 5.69 Å². The number of nitrogens with one attached hydrogen (secondary N) is 1. The molecule has 0 saturated carbocycles. The second-order valence-corrected chi connectivity index (χ2v) is 6.23. The van der Waals surface area contributed by atoms with E-state index in [1.54, 1.807) is 18.2 Å². The molecule has 0 radical (unpaired) electrons. The summed E-state index contributed by atoms with van der Waals surface area (Å²) in [6, 6.07) is 11.0. The minimum absolute atomic E-state index is 0.0625. The van der Waals surface area contributed by atoms with E-state index in [9.17, 15) is 9.90 Å². The minimum atomic E-state index is -0.871. The first-order chi connectivity index (χ1) is 12.5. The fourth-order valence-corrected chi connectivity index (χ4v) is 3.03. The summed E-state index contributed by atoms with van der Waals surface area (Å²) < 4.78 is 11.1. The highest BCUT2D eigenvalue weighted by Gasteiger charge is 2.27. The summed E-state index contributed by atoms with van der Waals surface area (Å²) in [7, 11) is 0. The van der Waals surface area contributed by atoms with E-state index in [2.05, 4.69) is 15.2 Å². The average Bonchev–Trinajstić information content (AvgIpc) is 2.95. The summed E-state index contributed by atoms with van der Waals surface area (Å²) in [4.78, 5) is 15.2. The summed E-state index contributed by atoms with van der Waals surface area (Å²) in [5.41, 5.74) is 3.00. The number of rotatable bonds is 2. The van der Waals surface area contributed by atoms with Crippen molar-refractivity contribution in [2.75, 3.05) is 6.61 Å². The van der Waals surface area contributed by atoms with Gasteiger partial charge in [-0.2, -0.15) is 0 Å². The first-order valence-corrected chi connectivity index (χ1v) is 8.19. The lowest BCUT2D eigenvalue weighted by Gasteiger charge is -2.23. The molecule has 1 amide bonds. The number of hydrogen-bond acceptors (Lipinski definition) is 5. The number of benzene rings is 2.